The number of aliphatic carboxylic acids is 1. The second kappa shape index (κ2) is 47.6. The number of rotatable bonds is 28. The highest BCUT2D eigenvalue weighted by Crippen LogP contribution is 2.25. The van der Waals surface area contributed by atoms with Crippen molar-refractivity contribution in [2.24, 2.45) is 46.0 Å². The summed E-state index contributed by atoms with van der Waals surface area (Å²) in [6.45, 7) is 13.7. The van der Waals surface area contributed by atoms with Crippen LogP contribution in [0.2, 0.25) is 0 Å². The largest absolute Gasteiger partial charge is 0.490 e. The first kappa shape index (κ1) is 95.8. The number of hydrogen-bond acceptors (Lipinski definition) is 22. The number of nitrogens with two attached hydrogens (primary N) is 2. The van der Waals surface area contributed by atoms with Crippen LogP contribution >= 0.6 is 0 Å². The van der Waals surface area contributed by atoms with E-state index in [-0.39, 0.29) is 69.1 Å². The van der Waals surface area contributed by atoms with Gasteiger partial charge in [0.15, 0.2) is 24.2 Å². The molecule has 12 amide bonds. The number of nitrogens with zero attached hydrogens (tertiary/aromatic N) is 1. The molecule has 3 rings (SSSR count). The Morgan fingerprint density at radius 3 is 1.66 bits per heavy atom. The van der Waals surface area contributed by atoms with Crippen LogP contribution in [0.3, 0.4) is 0 Å². The highest BCUT2D eigenvalue weighted by molar-refractivity contribution is 6.00. The van der Waals surface area contributed by atoms with E-state index < -0.39 is 224 Å². The van der Waals surface area contributed by atoms with Gasteiger partial charge in [0.2, 0.25) is 59.1 Å². The number of alkyl halides is 3. The molecule has 1 heterocycles. The van der Waals surface area contributed by atoms with Gasteiger partial charge in [-0.3, -0.25) is 57.7 Å². The van der Waals surface area contributed by atoms with Crippen LogP contribution in [0, 0.1) is 29.6 Å². The molecule has 2 aromatic carbocycles. The van der Waals surface area contributed by atoms with Crippen LogP contribution in [-0.4, -0.2) is 237 Å². The molecule has 15 atom stereocenters. The zero-order valence-corrected chi connectivity index (χ0v) is 63.2. The van der Waals surface area contributed by atoms with Gasteiger partial charge in [-0.15, -0.1) is 0 Å². The Morgan fingerprint density at radius 1 is 0.627 bits per heavy atom. The Labute approximate surface area is 634 Å². The van der Waals surface area contributed by atoms with E-state index >= 15 is 14.4 Å². The van der Waals surface area contributed by atoms with Crippen molar-refractivity contribution in [3.63, 3.8) is 0 Å². The van der Waals surface area contributed by atoms with Crippen molar-refractivity contribution in [1.29, 1.82) is 0 Å². The summed E-state index contributed by atoms with van der Waals surface area (Å²) in [5.74, 6) is -20.6. The number of alkyl carbamates (subject to hydrolysis) is 1. The molecule has 0 spiro atoms. The summed E-state index contributed by atoms with van der Waals surface area (Å²) < 4.78 is 43.2. The third kappa shape index (κ3) is 33.7. The number of carbonyl (C=O) groups excluding carboxylic acids is 13. The molecule has 1 aliphatic rings. The van der Waals surface area contributed by atoms with Crippen LogP contribution < -0.4 is 75.3 Å². The molecule has 0 saturated carbocycles. The fourth-order valence-corrected chi connectivity index (χ4v) is 10.5. The third-order valence-corrected chi connectivity index (χ3v) is 16.5. The van der Waals surface area contributed by atoms with E-state index in [1.807, 2.05) is 5.32 Å². The van der Waals surface area contributed by atoms with Crippen molar-refractivity contribution in [2.75, 3.05) is 32.8 Å². The number of amides is 12. The minimum absolute atomic E-state index is 0.0190. The molecule has 22 N–H and O–H groups in total. The molecule has 37 nitrogen and oxygen atoms in total. The van der Waals surface area contributed by atoms with Crippen molar-refractivity contribution >= 4 is 89.0 Å². The predicted molar refractivity (Wildman–Crippen MR) is 386 cm³/mol. The lowest BCUT2D eigenvalue weighted by atomic mass is 9.95. The number of aliphatic imine (C=N–C) groups is 1. The molecule has 0 unspecified atom stereocenters. The van der Waals surface area contributed by atoms with E-state index in [9.17, 15) is 86.6 Å². The summed E-state index contributed by atoms with van der Waals surface area (Å²) in [4.78, 5) is 200. The van der Waals surface area contributed by atoms with Gasteiger partial charge in [-0.2, -0.15) is 13.2 Å². The Kier molecular flexibility index (Phi) is 41.4. The van der Waals surface area contributed by atoms with E-state index in [2.05, 4.69) is 63.5 Å². The fourth-order valence-electron chi connectivity index (χ4n) is 10.5. The number of hydrogen-bond donors (Lipinski definition) is 20. The minimum Gasteiger partial charge on any atom is -0.475 e. The predicted octanol–water partition coefficient (Wildman–Crippen LogP) is -3.21. The standard InChI is InChI=1S/C68H107N15O20.C2HF3O2/c1-12-38(10)48-61(95)81-49(39(11)86)60(94)73-31-47(87)79-51(54(89)65(99)71-26-27-84)63(97)77-46(32-85)66(100)103-55(41-22-17-14-18-23-41)52(83-59(93)44(29-35(4)5)75-58(92)45(30-36(6)7)78-68(101)102-33-40-20-15-13-16-21-40)64(98)82-50(53(88)37(8)9)62(96)76-43(28-34(2)3)57(91)74-42(56(90)80-48)24-19-25-72-67(69)70;3-2(4,5)1(6)7/h13-18,20-23,34-39,42-46,48-55,84-86,88-89H,12,19,24-33H2,1-11H3,(H,71,99)(H,73,94)(H,74,91)(H,75,92)(H,76,96)(H,77,97)(H,78,101)(H,79,87)(H,80,90)(H,81,95)(H,82,98)(H,83,93)(H4,69,70,72);(H,6,7)/t38-,39-,42+,43-,44-,45+,46-,48-,49-,50-,51-,52-,53+,54-,55+;/m0./s1. The van der Waals surface area contributed by atoms with Gasteiger partial charge in [-0.1, -0.05) is 136 Å². The van der Waals surface area contributed by atoms with Gasteiger partial charge in [0.25, 0.3) is 5.91 Å². The van der Waals surface area contributed by atoms with Crippen molar-refractivity contribution in [3.8, 4) is 0 Å². The highest BCUT2D eigenvalue weighted by Gasteiger charge is 2.45. The molecule has 110 heavy (non-hydrogen) atoms. The number of esters is 1. The molecule has 1 aliphatic heterocycles. The van der Waals surface area contributed by atoms with Crippen LogP contribution in [0.25, 0.3) is 0 Å². The van der Waals surface area contributed by atoms with Crippen LogP contribution in [0.5, 0.6) is 0 Å². The van der Waals surface area contributed by atoms with Gasteiger partial charge in [0, 0.05) is 13.1 Å². The Balaban J connectivity index is 0.00000557. The minimum atomic E-state index is -5.08. The first-order valence-corrected chi connectivity index (χ1v) is 35.6. The van der Waals surface area contributed by atoms with Gasteiger partial charge < -0.3 is 115 Å². The normalized spacial score (nSPS) is 22.2. The second-order valence-corrected chi connectivity index (χ2v) is 27.6. The molecule has 616 valence electrons. The molecule has 1 fully saturated rings. The van der Waals surface area contributed by atoms with Gasteiger partial charge in [-0.25, -0.2) is 14.4 Å². The number of cyclic esters (lactones) is 1. The molecule has 1 saturated heterocycles. The van der Waals surface area contributed by atoms with Gasteiger partial charge in [0.1, 0.15) is 61.0 Å². The number of carbonyl (C=O) groups is 14. The molecule has 0 aromatic heterocycles. The first-order chi connectivity index (χ1) is 51.5. The van der Waals surface area contributed by atoms with Gasteiger partial charge in [-0.05, 0) is 79.7 Å². The van der Waals surface area contributed by atoms with E-state index in [0.29, 0.717) is 5.56 Å². The van der Waals surface area contributed by atoms with E-state index in [0.717, 1.165) is 6.92 Å². The monoisotopic (exact) mass is 1570 g/mol. The summed E-state index contributed by atoms with van der Waals surface area (Å²) in [6, 6.07) is -2.95. The molecule has 0 radical (unpaired) electrons. The highest BCUT2D eigenvalue weighted by atomic mass is 19.4. The number of aliphatic hydroxyl groups is 5. The number of carboxylic acids is 1. The molecule has 40 heteroatoms. The maximum absolute atomic E-state index is 15.6. The zero-order chi connectivity index (χ0) is 83.4. The average molecular weight is 1570 g/mol. The smallest absolute Gasteiger partial charge is 0.475 e. The van der Waals surface area contributed by atoms with Crippen LogP contribution in [0.1, 0.15) is 132 Å². The zero-order valence-electron chi connectivity index (χ0n) is 63.2. The SMILES string of the molecule is CC[C@H](C)[C@@H]1NC(=O)[C@@H](CCCN=C(N)N)NC(=O)[C@H](CC(C)C)NC(=O)[C@H]([C@H](O)C(C)C)NC(=O)[C@@H](NC(=O)[C@H](CC(C)C)NC(=O)[C@@H](CC(C)C)NC(=O)OCc2ccccc2)[C@@H](c2ccccc2)OC(=O)[C@H](CO)NC(=O)[C@H]([C@H](O)C(=O)NCCO)NC(=O)CNC(=O)[C@H]([C@H](C)O)NC1=O.O=C(O)C(F)(F)F. The third-order valence-electron chi connectivity index (χ3n) is 16.5. The maximum atomic E-state index is 15.6. The lowest BCUT2D eigenvalue weighted by molar-refractivity contribution is -0.192. The topological polar surface area (TPSA) is 588 Å². The average Bonchev–Trinajstić information content (AvgIpc) is 0.811. The lowest BCUT2D eigenvalue weighted by Gasteiger charge is -2.34. The number of aliphatic hydroxyl groups excluding tert-OH is 5. The van der Waals surface area contributed by atoms with Crippen molar-refractivity contribution in [1.82, 2.24) is 63.8 Å². The number of carboxylic acid groups (broad SMARTS) is 1. The van der Waals surface area contributed by atoms with E-state index in [1.54, 1.807) is 85.7 Å². The number of guanidine groups is 1. The summed E-state index contributed by atoms with van der Waals surface area (Å²) in [5.41, 5.74) is 11.7. The lowest BCUT2D eigenvalue weighted by Crippen LogP contribution is -2.64. The van der Waals surface area contributed by atoms with Gasteiger partial charge in [0.05, 0.1) is 32.0 Å². The van der Waals surface area contributed by atoms with Crippen molar-refractivity contribution in [3.05, 3.63) is 71.8 Å². The van der Waals surface area contributed by atoms with Crippen molar-refractivity contribution in [2.45, 2.75) is 212 Å². The molecular formula is C70H108F3N15O22. The molecule has 0 bridgehead atoms. The molecule has 2 aromatic rings. The number of benzene rings is 2. The van der Waals surface area contributed by atoms with Crippen LogP contribution in [0.15, 0.2) is 65.7 Å². The van der Waals surface area contributed by atoms with Crippen LogP contribution in [-0.2, 0) is 78.4 Å². The quantitative estimate of drug-likeness (QED) is 0.0173. The van der Waals surface area contributed by atoms with Crippen LogP contribution in [0.4, 0.5) is 18.0 Å². The Hall–Kier alpha value is -10.3. The molecule has 0 aliphatic carbocycles. The Morgan fingerprint density at radius 2 is 1.15 bits per heavy atom. The summed E-state index contributed by atoms with van der Waals surface area (Å²) >= 11 is 0. The second-order valence-electron chi connectivity index (χ2n) is 27.6. The number of halogens is 3. The first-order valence-electron chi connectivity index (χ1n) is 35.6. The number of ether oxygens (including phenoxy) is 2. The fraction of sp³-hybridized carbons (Fsp3) is 0.614. The molecular weight excluding hydrogens is 1460 g/mol. The summed E-state index contributed by atoms with van der Waals surface area (Å²) in [5, 5.41) is 90.4. The van der Waals surface area contributed by atoms with E-state index in [4.69, 9.17) is 30.8 Å². The Bertz CT molecular complexity index is 3410. The van der Waals surface area contributed by atoms with E-state index in [1.165, 1.54) is 44.2 Å². The van der Waals surface area contributed by atoms with Crippen molar-refractivity contribution < 1.29 is 120 Å². The maximum Gasteiger partial charge on any atom is 0.490 e. The number of nitrogens with one attached hydrogen (secondary N) is 12. The summed E-state index contributed by atoms with van der Waals surface area (Å²) in [7, 11) is 0. The summed E-state index contributed by atoms with van der Waals surface area (Å²) in [6.07, 6.45) is -14.7. The van der Waals surface area contributed by atoms with Gasteiger partial charge >= 0.3 is 24.2 Å².